The largest absolute Gasteiger partial charge is 0.502 e. The molecule has 140 valence electrons. The standard InChI is InChI=1S/C17H19NO7S/c1-5-25-16(21)9(2)18-15(20)13(26-17(18)22)8-10-6-11(23-3)14(19)12(7-10)24-4/h6-9,19H,5H2,1-4H3/b13-8+/t9-/m0/s1. The van der Waals surface area contributed by atoms with Crippen LogP contribution in [0.15, 0.2) is 17.0 Å². The van der Waals surface area contributed by atoms with Gasteiger partial charge in [0.2, 0.25) is 5.75 Å². The highest BCUT2D eigenvalue weighted by Gasteiger charge is 2.41. The van der Waals surface area contributed by atoms with Crippen molar-refractivity contribution >= 4 is 35.0 Å². The number of esters is 1. The minimum atomic E-state index is -1.02. The summed E-state index contributed by atoms with van der Waals surface area (Å²) in [7, 11) is 2.76. The third-order valence-corrected chi connectivity index (χ3v) is 4.52. The number of carbonyl (C=O) groups excluding carboxylic acids is 3. The molecule has 0 bridgehead atoms. The Balaban J connectivity index is 2.34. The van der Waals surface area contributed by atoms with Crippen LogP contribution in [-0.2, 0) is 14.3 Å². The molecule has 1 saturated heterocycles. The van der Waals surface area contributed by atoms with Crippen LogP contribution in [0.3, 0.4) is 0 Å². The average Bonchev–Trinajstić information content (AvgIpc) is 2.89. The summed E-state index contributed by atoms with van der Waals surface area (Å²) in [5, 5.41) is 9.38. The molecule has 0 aliphatic carbocycles. The van der Waals surface area contributed by atoms with E-state index >= 15 is 0 Å². The number of hydrogen-bond acceptors (Lipinski definition) is 8. The molecule has 0 unspecified atom stereocenters. The predicted molar refractivity (Wildman–Crippen MR) is 95.1 cm³/mol. The smallest absolute Gasteiger partial charge is 0.329 e. The number of benzene rings is 1. The zero-order chi connectivity index (χ0) is 19.4. The molecule has 1 fully saturated rings. The maximum Gasteiger partial charge on any atom is 0.329 e. The number of imide groups is 1. The minimum Gasteiger partial charge on any atom is -0.502 e. The van der Waals surface area contributed by atoms with Crippen molar-refractivity contribution in [3.63, 3.8) is 0 Å². The summed E-state index contributed by atoms with van der Waals surface area (Å²) in [6.07, 6.45) is 1.47. The molecular weight excluding hydrogens is 362 g/mol. The maximum atomic E-state index is 12.5. The van der Waals surface area contributed by atoms with E-state index in [1.807, 2.05) is 0 Å². The van der Waals surface area contributed by atoms with Crippen LogP contribution in [0.1, 0.15) is 19.4 Å². The first kappa shape index (κ1) is 19.6. The number of thioether (sulfide) groups is 1. The first-order valence-electron chi connectivity index (χ1n) is 7.72. The van der Waals surface area contributed by atoms with Gasteiger partial charge in [0, 0.05) is 0 Å². The van der Waals surface area contributed by atoms with Crippen molar-refractivity contribution in [3.8, 4) is 17.2 Å². The van der Waals surface area contributed by atoms with Crippen LogP contribution < -0.4 is 9.47 Å². The van der Waals surface area contributed by atoms with Gasteiger partial charge in [-0.05, 0) is 49.4 Å². The lowest BCUT2D eigenvalue weighted by Gasteiger charge is -2.19. The second kappa shape index (κ2) is 8.13. The number of carbonyl (C=O) groups is 3. The van der Waals surface area contributed by atoms with Crippen molar-refractivity contribution in [2.75, 3.05) is 20.8 Å². The van der Waals surface area contributed by atoms with Crippen LogP contribution in [0.25, 0.3) is 6.08 Å². The number of aromatic hydroxyl groups is 1. The summed E-state index contributed by atoms with van der Waals surface area (Å²) in [5.41, 5.74) is 0.491. The lowest BCUT2D eigenvalue weighted by Crippen LogP contribution is -2.42. The zero-order valence-corrected chi connectivity index (χ0v) is 15.6. The van der Waals surface area contributed by atoms with Gasteiger partial charge >= 0.3 is 5.97 Å². The fraction of sp³-hybridized carbons (Fsp3) is 0.353. The van der Waals surface area contributed by atoms with E-state index in [0.717, 1.165) is 16.7 Å². The molecule has 0 saturated carbocycles. The Morgan fingerprint density at radius 1 is 1.27 bits per heavy atom. The van der Waals surface area contributed by atoms with Gasteiger partial charge in [0.25, 0.3) is 11.1 Å². The van der Waals surface area contributed by atoms with Crippen LogP contribution in [0.5, 0.6) is 17.2 Å². The highest BCUT2D eigenvalue weighted by Crippen LogP contribution is 2.39. The Kier molecular flexibility index (Phi) is 6.14. The van der Waals surface area contributed by atoms with Crippen LogP contribution >= 0.6 is 11.8 Å². The van der Waals surface area contributed by atoms with E-state index in [-0.39, 0.29) is 28.8 Å². The number of nitrogens with zero attached hydrogens (tertiary/aromatic N) is 1. The average molecular weight is 381 g/mol. The van der Waals surface area contributed by atoms with Crippen molar-refractivity contribution in [3.05, 3.63) is 22.6 Å². The molecule has 1 aliphatic rings. The van der Waals surface area contributed by atoms with E-state index in [9.17, 15) is 19.5 Å². The molecule has 1 aliphatic heterocycles. The SMILES string of the molecule is CCOC(=O)[C@H](C)N1C(=O)S/C(=C/c2cc(OC)c(O)c(OC)c2)C1=O. The quantitative estimate of drug-likeness (QED) is 0.592. The maximum absolute atomic E-state index is 12.5. The molecule has 0 aromatic heterocycles. The van der Waals surface area contributed by atoms with Crippen molar-refractivity contribution < 1.29 is 33.7 Å². The number of phenols is 1. The molecular formula is C17H19NO7S. The molecule has 26 heavy (non-hydrogen) atoms. The molecule has 0 radical (unpaired) electrons. The Bertz CT molecular complexity index is 749. The first-order valence-corrected chi connectivity index (χ1v) is 8.54. The molecule has 0 spiro atoms. The Hall–Kier alpha value is -2.68. The predicted octanol–water partition coefficient (Wildman–Crippen LogP) is 2.40. The number of rotatable bonds is 6. The van der Waals surface area contributed by atoms with E-state index in [2.05, 4.69) is 0 Å². The third-order valence-electron chi connectivity index (χ3n) is 3.64. The lowest BCUT2D eigenvalue weighted by atomic mass is 10.1. The van der Waals surface area contributed by atoms with Gasteiger partial charge in [-0.1, -0.05) is 0 Å². The van der Waals surface area contributed by atoms with Crippen LogP contribution in [0.4, 0.5) is 4.79 Å². The van der Waals surface area contributed by atoms with E-state index in [4.69, 9.17) is 14.2 Å². The molecule has 1 atom stereocenters. The summed E-state index contributed by atoms with van der Waals surface area (Å²) < 4.78 is 15.0. The molecule has 1 N–H and O–H groups in total. The summed E-state index contributed by atoms with van der Waals surface area (Å²) in [5.74, 6) is -1.09. The van der Waals surface area contributed by atoms with Gasteiger partial charge in [-0.3, -0.25) is 14.5 Å². The topological polar surface area (TPSA) is 102 Å². The highest BCUT2D eigenvalue weighted by molar-refractivity contribution is 8.18. The minimum absolute atomic E-state index is 0.140. The van der Waals surface area contributed by atoms with Crippen molar-refractivity contribution in [2.45, 2.75) is 19.9 Å². The number of phenolic OH excluding ortho intramolecular Hbond substituents is 1. The summed E-state index contributed by atoms with van der Waals surface area (Å²) in [6, 6.07) is 1.98. The zero-order valence-electron chi connectivity index (χ0n) is 14.8. The van der Waals surface area contributed by atoms with E-state index in [1.165, 1.54) is 39.4 Å². The Morgan fingerprint density at radius 2 is 1.85 bits per heavy atom. The van der Waals surface area contributed by atoms with Gasteiger partial charge in [0.05, 0.1) is 25.7 Å². The fourth-order valence-corrected chi connectivity index (χ4v) is 3.24. The van der Waals surface area contributed by atoms with Gasteiger partial charge in [-0.15, -0.1) is 0 Å². The van der Waals surface area contributed by atoms with Crippen molar-refractivity contribution in [1.82, 2.24) is 4.90 Å². The van der Waals surface area contributed by atoms with Crippen molar-refractivity contribution in [1.29, 1.82) is 0 Å². The van der Waals surface area contributed by atoms with Gasteiger partial charge in [-0.25, -0.2) is 4.79 Å². The molecule has 1 heterocycles. The van der Waals surface area contributed by atoms with Crippen LogP contribution in [0.2, 0.25) is 0 Å². The summed E-state index contributed by atoms with van der Waals surface area (Å²) in [6.45, 7) is 3.23. The second-order valence-corrected chi connectivity index (χ2v) is 6.25. The number of hydrogen-bond donors (Lipinski definition) is 1. The van der Waals surface area contributed by atoms with E-state index in [1.54, 1.807) is 6.92 Å². The lowest BCUT2D eigenvalue weighted by molar-refractivity contribution is -0.150. The summed E-state index contributed by atoms with van der Waals surface area (Å²) >= 11 is 0.718. The summed E-state index contributed by atoms with van der Waals surface area (Å²) in [4.78, 5) is 37.5. The van der Waals surface area contributed by atoms with Crippen LogP contribution in [0, 0.1) is 0 Å². The van der Waals surface area contributed by atoms with E-state index < -0.39 is 23.2 Å². The highest BCUT2D eigenvalue weighted by atomic mass is 32.2. The normalized spacial score (nSPS) is 16.8. The molecule has 8 nitrogen and oxygen atoms in total. The van der Waals surface area contributed by atoms with E-state index in [0.29, 0.717) is 5.56 Å². The third kappa shape index (κ3) is 3.77. The molecule has 2 amide bonds. The molecule has 1 aromatic rings. The van der Waals surface area contributed by atoms with Crippen molar-refractivity contribution in [2.24, 2.45) is 0 Å². The molecule has 2 rings (SSSR count). The molecule has 1 aromatic carbocycles. The fourth-order valence-electron chi connectivity index (χ4n) is 2.33. The number of methoxy groups -OCH3 is 2. The number of amides is 2. The Morgan fingerprint density at radius 3 is 2.35 bits per heavy atom. The van der Waals surface area contributed by atoms with Gasteiger partial charge in [-0.2, -0.15) is 0 Å². The van der Waals surface area contributed by atoms with Gasteiger partial charge in [0.1, 0.15) is 6.04 Å². The second-order valence-electron chi connectivity index (χ2n) is 5.25. The van der Waals surface area contributed by atoms with Gasteiger partial charge < -0.3 is 19.3 Å². The Labute approximate surface area is 154 Å². The first-order chi connectivity index (χ1) is 12.3. The monoisotopic (exact) mass is 381 g/mol. The van der Waals surface area contributed by atoms with Gasteiger partial charge in [0.15, 0.2) is 11.5 Å². The molecule has 9 heteroatoms. The van der Waals surface area contributed by atoms with Crippen LogP contribution in [-0.4, -0.2) is 54.0 Å². The number of ether oxygens (including phenoxy) is 3.